The van der Waals surface area contributed by atoms with Crippen molar-refractivity contribution in [3.8, 4) is 5.82 Å². The Morgan fingerprint density at radius 3 is 2.78 bits per heavy atom. The molecule has 1 N–H and O–H groups in total. The summed E-state index contributed by atoms with van der Waals surface area (Å²) >= 11 is 0. The van der Waals surface area contributed by atoms with Crippen molar-refractivity contribution >= 4 is 11.9 Å². The number of methoxy groups -OCH3 is 1. The van der Waals surface area contributed by atoms with E-state index in [9.17, 15) is 4.79 Å². The molecule has 0 amide bonds. The molecule has 8 heteroatoms. The summed E-state index contributed by atoms with van der Waals surface area (Å²) in [4.78, 5) is 27.1. The molecule has 2 aromatic heterocycles. The smallest absolute Gasteiger partial charge is 0.310 e. The number of nitrogens with one attached hydrogen (secondary N) is 1. The van der Waals surface area contributed by atoms with Gasteiger partial charge in [-0.3, -0.25) is 14.4 Å². The van der Waals surface area contributed by atoms with Gasteiger partial charge in [-0.1, -0.05) is 13.0 Å². The maximum absolute atomic E-state index is 11.9. The second kappa shape index (κ2) is 8.20. The Bertz CT molecular complexity index is 814. The fraction of sp³-hybridized carbons (Fsp3) is 0.474. The van der Waals surface area contributed by atoms with E-state index in [4.69, 9.17) is 4.74 Å². The normalized spacial score (nSPS) is 20.0. The maximum Gasteiger partial charge on any atom is 0.310 e. The maximum atomic E-state index is 11.9. The number of hydrogen-bond donors (Lipinski definition) is 1. The van der Waals surface area contributed by atoms with E-state index in [2.05, 4.69) is 32.1 Å². The molecule has 2 aromatic rings. The average molecular weight is 370 g/mol. The standard InChI is InChI=1S/C19H26N6O2/c1-13-11-24(12-16(13)18(26)27-4)19(20-3)23-10-15-5-6-17(22-9-15)25-8-7-21-14(25)2/h5-9,13,16H,10-12H2,1-4H3,(H,20,23). The summed E-state index contributed by atoms with van der Waals surface area (Å²) in [5.41, 5.74) is 1.05. The van der Waals surface area contributed by atoms with Crippen LogP contribution in [0, 0.1) is 18.8 Å². The van der Waals surface area contributed by atoms with E-state index in [-0.39, 0.29) is 17.8 Å². The minimum Gasteiger partial charge on any atom is -0.469 e. The molecule has 2 unspecified atom stereocenters. The Kier molecular flexibility index (Phi) is 5.73. The van der Waals surface area contributed by atoms with Gasteiger partial charge in [-0.2, -0.15) is 0 Å². The fourth-order valence-corrected chi connectivity index (χ4v) is 3.40. The van der Waals surface area contributed by atoms with Gasteiger partial charge in [0.1, 0.15) is 11.6 Å². The molecule has 144 valence electrons. The number of rotatable bonds is 4. The predicted octanol–water partition coefficient (Wildman–Crippen LogP) is 1.39. The molecule has 0 aliphatic carbocycles. The highest BCUT2D eigenvalue weighted by Crippen LogP contribution is 2.24. The van der Waals surface area contributed by atoms with Gasteiger partial charge in [0.25, 0.3) is 0 Å². The molecular formula is C19H26N6O2. The molecule has 0 saturated carbocycles. The number of likely N-dealkylation sites (tertiary alicyclic amines) is 1. The van der Waals surface area contributed by atoms with E-state index in [0.29, 0.717) is 13.1 Å². The van der Waals surface area contributed by atoms with Gasteiger partial charge < -0.3 is 15.0 Å². The number of esters is 1. The van der Waals surface area contributed by atoms with Gasteiger partial charge in [-0.05, 0) is 24.5 Å². The Morgan fingerprint density at radius 2 is 2.19 bits per heavy atom. The molecule has 1 fully saturated rings. The minimum atomic E-state index is -0.157. The van der Waals surface area contributed by atoms with Gasteiger partial charge >= 0.3 is 5.97 Å². The van der Waals surface area contributed by atoms with Crippen LogP contribution in [0.2, 0.25) is 0 Å². The summed E-state index contributed by atoms with van der Waals surface area (Å²) in [5, 5.41) is 3.36. The van der Waals surface area contributed by atoms with Crippen LogP contribution < -0.4 is 5.32 Å². The number of guanidine groups is 1. The molecular weight excluding hydrogens is 344 g/mol. The quantitative estimate of drug-likeness (QED) is 0.497. The van der Waals surface area contributed by atoms with Gasteiger partial charge in [-0.15, -0.1) is 0 Å². The number of nitrogens with zero attached hydrogens (tertiary/aromatic N) is 5. The molecule has 27 heavy (non-hydrogen) atoms. The van der Waals surface area contributed by atoms with Crippen LogP contribution in [-0.2, 0) is 16.1 Å². The van der Waals surface area contributed by atoms with Crippen LogP contribution in [0.4, 0.5) is 0 Å². The van der Waals surface area contributed by atoms with E-state index in [1.807, 2.05) is 36.0 Å². The van der Waals surface area contributed by atoms with Crippen molar-refractivity contribution in [1.82, 2.24) is 24.8 Å². The number of pyridine rings is 1. The Balaban J connectivity index is 1.60. The van der Waals surface area contributed by atoms with Crippen LogP contribution in [-0.4, -0.2) is 58.6 Å². The minimum absolute atomic E-state index is 0.118. The average Bonchev–Trinajstić information content (AvgIpc) is 3.28. The number of ether oxygens (including phenoxy) is 1. The van der Waals surface area contributed by atoms with E-state index < -0.39 is 0 Å². The van der Waals surface area contributed by atoms with Crippen LogP contribution in [0.5, 0.6) is 0 Å². The van der Waals surface area contributed by atoms with Crippen LogP contribution in [0.25, 0.3) is 5.82 Å². The molecule has 0 bridgehead atoms. The summed E-state index contributed by atoms with van der Waals surface area (Å²) in [6.07, 6.45) is 5.50. The first kappa shape index (κ1) is 18.9. The molecule has 8 nitrogen and oxygen atoms in total. The van der Waals surface area contributed by atoms with E-state index in [1.54, 1.807) is 13.2 Å². The molecule has 3 rings (SSSR count). The topological polar surface area (TPSA) is 84.6 Å². The predicted molar refractivity (Wildman–Crippen MR) is 103 cm³/mol. The number of aryl methyl sites for hydroxylation is 1. The third kappa shape index (κ3) is 4.10. The summed E-state index contributed by atoms with van der Waals surface area (Å²) < 4.78 is 6.84. The lowest BCUT2D eigenvalue weighted by atomic mass is 9.99. The summed E-state index contributed by atoms with van der Waals surface area (Å²) in [6.45, 7) is 6.01. The third-order valence-electron chi connectivity index (χ3n) is 4.96. The van der Waals surface area contributed by atoms with Crippen molar-refractivity contribution < 1.29 is 9.53 Å². The third-order valence-corrected chi connectivity index (χ3v) is 4.96. The summed E-state index contributed by atoms with van der Waals surface area (Å²) in [7, 11) is 3.19. The van der Waals surface area contributed by atoms with Crippen LogP contribution in [0.15, 0.2) is 35.7 Å². The van der Waals surface area contributed by atoms with Crippen molar-refractivity contribution in [1.29, 1.82) is 0 Å². The molecule has 1 aliphatic rings. The number of hydrogen-bond acceptors (Lipinski definition) is 5. The highest BCUT2D eigenvalue weighted by atomic mass is 16.5. The van der Waals surface area contributed by atoms with E-state index in [1.165, 1.54) is 7.11 Å². The zero-order valence-electron chi connectivity index (χ0n) is 16.2. The first-order valence-electron chi connectivity index (χ1n) is 9.02. The number of carbonyl (C=O) groups is 1. The van der Waals surface area contributed by atoms with Crippen LogP contribution in [0.3, 0.4) is 0 Å². The van der Waals surface area contributed by atoms with Gasteiger partial charge in [0.05, 0.1) is 13.0 Å². The van der Waals surface area contributed by atoms with E-state index in [0.717, 1.165) is 29.7 Å². The molecule has 1 saturated heterocycles. The van der Waals surface area contributed by atoms with Crippen molar-refractivity contribution in [2.75, 3.05) is 27.2 Å². The first-order valence-corrected chi connectivity index (χ1v) is 9.02. The van der Waals surface area contributed by atoms with Crippen molar-refractivity contribution in [2.24, 2.45) is 16.8 Å². The molecule has 1 aliphatic heterocycles. The number of aromatic nitrogens is 3. The van der Waals surface area contributed by atoms with Crippen molar-refractivity contribution in [3.05, 3.63) is 42.1 Å². The second-order valence-corrected chi connectivity index (χ2v) is 6.78. The van der Waals surface area contributed by atoms with E-state index >= 15 is 0 Å². The zero-order chi connectivity index (χ0) is 19.4. The van der Waals surface area contributed by atoms with Crippen LogP contribution in [0.1, 0.15) is 18.3 Å². The monoisotopic (exact) mass is 370 g/mol. The lowest BCUT2D eigenvalue weighted by Crippen LogP contribution is -2.40. The second-order valence-electron chi connectivity index (χ2n) is 6.78. The Hall–Kier alpha value is -2.90. The van der Waals surface area contributed by atoms with Crippen molar-refractivity contribution in [3.63, 3.8) is 0 Å². The Morgan fingerprint density at radius 1 is 1.37 bits per heavy atom. The highest BCUT2D eigenvalue weighted by Gasteiger charge is 2.36. The number of aliphatic imine (C=N–C) groups is 1. The van der Waals surface area contributed by atoms with Gasteiger partial charge in [0, 0.05) is 45.3 Å². The summed E-state index contributed by atoms with van der Waals surface area (Å²) in [5.74, 6) is 2.48. The zero-order valence-corrected chi connectivity index (χ0v) is 16.2. The largest absolute Gasteiger partial charge is 0.469 e. The SMILES string of the molecule is CN=C(NCc1ccc(-n2ccnc2C)nc1)N1CC(C)C(C(=O)OC)C1. The summed E-state index contributed by atoms with van der Waals surface area (Å²) in [6, 6.07) is 4.01. The fourth-order valence-electron chi connectivity index (χ4n) is 3.40. The van der Waals surface area contributed by atoms with Gasteiger partial charge in [0.2, 0.25) is 0 Å². The van der Waals surface area contributed by atoms with Crippen molar-refractivity contribution in [2.45, 2.75) is 20.4 Å². The van der Waals surface area contributed by atoms with Gasteiger partial charge in [0.15, 0.2) is 5.96 Å². The number of imidazole rings is 1. The first-order chi connectivity index (χ1) is 13.0. The molecule has 0 radical (unpaired) electrons. The highest BCUT2D eigenvalue weighted by molar-refractivity contribution is 5.82. The van der Waals surface area contributed by atoms with Gasteiger partial charge in [-0.25, -0.2) is 9.97 Å². The Labute approximate surface area is 159 Å². The molecule has 0 aromatic carbocycles. The lowest BCUT2D eigenvalue weighted by Gasteiger charge is -2.21. The van der Waals surface area contributed by atoms with Crippen LogP contribution >= 0.6 is 0 Å². The molecule has 3 heterocycles. The molecule has 0 spiro atoms. The number of carbonyl (C=O) groups excluding carboxylic acids is 1. The molecule has 2 atom stereocenters. The lowest BCUT2D eigenvalue weighted by molar-refractivity contribution is -0.145.